The molecule has 2 fully saturated rings. The van der Waals surface area contributed by atoms with Gasteiger partial charge in [0.05, 0.1) is 23.7 Å². The topological polar surface area (TPSA) is 118 Å². The molecule has 1 N–H and O–H groups in total. The van der Waals surface area contributed by atoms with E-state index in [1.54, 1.807) is 27.8 Å². The number of halogens is 2. The minimum atomic E-state index is -0.613. The molecule has 224 valence electrons. The predicted molar refractivity (Wildman–Crippen MR) is 159 cm³/mol. The summed E-state index contributed by atoms with van der Waals surface area (Å²) in [4.78, 5) is 29.4. The van der Waals surface area contributed by atoms with Gasteiger partial charge in [0.25, 0.3) is 0 Å². The van der Waals surface area contributed by atoms with Crippen molar-refractivity contribution < 1.29 is 18.7 Å². The molecule has 2 aliphatic rings. The Bertz CT molecular complexity index is 1690. The Hall–Kier alpha value is -4.19. The fraction of sp³-hybridized carbons (Fsp3) is 0.414. The van der Waals surface area contributed by atoms with Gasteiger partial charge in [0.15, 0.2) is 10.8 Å². The Morgan fingerprint density at radius 2 is 1.91 bits per heavy atom. The molecule has 0 radical (unpaired) electrons. The molecule has 0 saturated carbocycles. The van der Waals surface area contributed by atoms with Crippen molar-refractivity contribution in [3.8, 4) is 17.3 Å². The van der Waals surface area contributed by atoms with E-state index in [1.165, 1.54) is 23.5 Å². The van der Waals surface area contributed by atoms with Crippen LogP contribution in [0.2, 0.25) is 0 Å². The molecular formula is C29H31F2N9O2S. The average Bonchev–Trinajstić information content (AvgIpc) is 3.73. The number of likely N-dealkylation sites (tertiary alicyclic amines) is 1. The number of aryl methyl sites for hydroxylation is 1. The second kappa shape index (κ2) is 11.8. The van der Waals surface area contributed by atoms with Crippen LogP contribution in [-0.4, -0.2) is 99.5 Å². The number of thiazole rings is 1. The van der Waals surface area contributed by atoms with E-state index < -0.39 is 12.1 Å². The van der Waals surface area contributed by atoms with Crippen LogP contribution in [0.15, 0.2) is 30.3 Å². The number of aliphatic hydroxyl groups excluding tert-OH is 1. The molecule has 5 heterocycles. The van der Waals surface area contributed by atoms with Crippen LogP contribution in [0, 0.1) is 23.1 Å². The van der Waals surface area contributed by atoms with Gasteiger partial charge in [-0.15, -0.1) is 0 Å². The molecule has 0 aliphatic carbocycles. The highest BCUT2D eigenvalue weighted by atomic mass is 32.1. The summed E-state index contributed by atoms with van der Waals surface area (Å²) in [5, 5.41) is 25.2. The number of benzene rings is 1. The molecule has 43 heavy (non-hydrogen) atoms. The Morgan fingerprint density at radius 3 is 2.56 bits per heavy atom. The third-order valence-corrected chi connectivity index (χ3v) is 9.00. The van der Waals surface area contributed by atoms with Gasteiger partial charge < -0.3 is 19.8 Å². The van der Waals surface area contributed by atoms with Gasteiger partial charge in [-0.2, -0.15) is 19.7 Å². The number of pyridine rings is 1. The number of hydrogen-bond acceptors (Lipinski definition) is 10. The minimum absolute atomic E-state index is 0.00301. The van der Waals surface area contributed by atoms with E-state index in [0.29, 0.717) is 90.4 Å². The highest BCUT2D eigenvalue weighted by molar-refractivity contribution is 7.16. The van der Waals surface area contributed by atoms with Crippen LogP contribution in [-0.2, 0) is 11.3 Å². The second-order valence-electron chi connectivity index (χ2n) is 10.7. The van der Waals surface area contributed by atoms with Crippen molar-refractivity contribution in [2.24, 2.45) is 0 Å². The molecule has 0 bridgehead atoms. The van der Waals surface area contributed by atoms with E-state index >= 15 is 4.39 Å². The molecule has 1 aromatic carbocycles. The molecule has 11 nitrogen and oxygen atoms in total. The van der Waals surface area contributed by atoms with Crippen molar-refractivity contribution in [2.45, 2.75) is 26.0 Å². The Balaban J connectivity index is 1.25. The zero-order chi connectivity index (χ0) is 30.2. The Labute approximate surface area is 251 Å². The van der Waals surface area contributed by atoms with Crippen molar-refractivity contribution in [1.82, 2.24) is 29.5 Å². The lowest BCUT2D eigenvalue weighted by Crippen LogP contribution is -2.50. The second-order valence-corrected chi connectivity index (χ2v) is 11.7. The minimum Gasteiger partial charge on any atom is -0.391 e. The van der Waals surface area contributed by atoms with Crippen LogP contribution in [0.5, 0.6) is 0 Å². The Morgan fingerprint density at radius 1 is 1.16 bits per heavy atom. The lowest BCUT2D eigenvalue weighted by Gasteiger charge is -2.36. The van der Waals surface area contributed by atoms with E-state index in [0.717, 1.165) is 0 Å². The highest BCUT2D eigenvalue weighted by Gasteiger charge is 2.29. The highest BCUT2D eigenvalue weighted by Crippen LogP contribution is 2.38. The smallest absolute Gasteiger partial charge is 0.238 e. The van der Waals surface area contributed by atoms with Crippen LogP contribution in [0.1, 0.15) is 18.2 Å². The molecule has 0 spiro atoms. The maximum atomic E-state index is 15.4. The molecule has 2 aliphatic heterocycles. The molecular weight excluding hydrogens is 576 g/mol. The molecule has 14 heteroatoms. The predicted octanol–water partition coefficient (Wildman–Crippen LogP) is 3.21. The van der Waals surface area contributed by atoms with Crippen LogP contribution in [0.25, 0.3) is 22.3 Å². The van der Waals surface area contributed by atoms with Crippen molar-refractivity contribution >= 4 is 44.9 Å². The summed E-state index contributed by atoms with van der Waals surface area (Å²) in [6, 6.07) is 9.79. The van der Waals surface area contributed by atoms with Crippen LogP contribution in [0.4, 0.5) is 25.4 Å². The number of hydrogen-bond donors (Lipinski definition) is 1. The molecule has 3 aromatic heterocycles. The van der Waals surface area contributed by atoms with E-state index in [9.17, 15) is 19.6 Å². The van der Waals surface area contributed by atoms with Gasteiger partial charge in [-0.05, 0) is 43.7 Å². The van der Waals surface area contributed by atoms with Gasteiger partial charge in [0.1, 0.15) is 28.3 Å². The van der Waals surface area contributed by atoms with Gasteiger partial charge in [0, 0.05) is 58.4 Å². The third-order valence-electron chi connectivity index (χ3n) is 7.97. The van der Waals surface area contributed by atoms with Gasteiger partial charge >= 0.3 is 0 Å². The Kier molecular flexibility index (Phi) is 7.95. The van der Waals surface area contributed by atoms with Gasteiger partial charge in [-0.1, -0.05) is 11.3 Å². The number of nitriles is 1. The van der Waals surface area contributed by atoms with Crippen LogP contribution in [0.3, 0.4) is 0 Å². The molecule has 1 amide bonds. The number of nitrogens with zero attached hydrogens (tertiary/aromatic N) is 9. The lowest BCUT2D eigenvalue weighted by atomic mass is 10.1. The number of aliphatic hydroxyl groups is 1. The fourth-order valence-electron chi connectivity index (χ4n) is 5.64. The maximum Gasteiger partial charge on any atom is 0.238 e. The summed E-state index contributed by atoms with van der Waals surface area (Å²) < 4.78 is 30.6. The van der Waals surface area contributed by atoms with Crippen LogP contribution < -0.4 is 9.80 Å². The average molecular weight is 608 g/mol. The molecule has 6 rings (SSSR count). The van der Waals surface area contributed by atoms with Crippen LogP contribution >= 0.6 is 11.3 Å². The summed E-state index contributed by atoms with van der Waals surface area (Å²) in [6.45, 7) is 5.86. The molecule has 0 unspecified atom stereocenters. The van der Waals surface area contributed by atoms with E-state index in [2.05, 4.69) is 21.1 Å². The van der Waals surface area contributed by atoms with Crippen molar-refractivity contribution in [3.63, 3.8) is 0 Å². The first-order valence-electron chi connectivity index (χ1n) is 14.2. The lowest BCUT2D eigenvalue weighted by molar-refractivity contribution is -0.131. The number of carbonyl (C=O) groups is 1. The molecule has 4 aromatic rings. The first-order chi connectivity index (χ1) is 20.7. The summed E-state index contributed by atoms with van der Waals surface area (Å²) >= 11 is 1.21. The largest absolute Gasteiger partial charge is 0.391 e. The first kappa shape index (κ1) is 28.9. The number of fused-ring (bicyclic) bond motifs is 1. The summed E-state index contributed by atoms with van der Waals surface area (Å²) in [5.41, 5.74) is 1.71. The molecule has 2 saturated heterocycles. The standard InChI is InChI=1S/C29H31F2N9O2S/c1-3-40-28(36(2)29-33-25(23(15-32)43-29)18-4-6-19(30)7-5-18)21-14-22(26(31)34-27(21)35-40)38-12-10-37(11-13-38)17-24(42)39-9-8-20(41)16-39/h4-7,14,20,41H,3,8-13,16-17H2,1-2H3/t20-/m1/s1. The van der Waals surface area contributed by atoms with E-state index in [1.807, 2.05) is 23.8 Å². The van der Waals surface area contributed by atoms with Gasteiger partial charge in [-0.25, -0.2) is 14.1 Å². The molecule has 1 atom stereocenters. The maximum absolute atomic E-state index is 15.4. The zero-order valence-electron chi connectivity index (χ0n) is 23.9. The van der Waals surface area contributed by atoms with Gasteiger partial charge in [0.2, 0.25) is 11.9 Å². The SMILES string of the molecule is CCn1nc2nc(F)c(N3CCN(CC(=O)N4CC[C@@H](O)C4)CC3)cc2c1N(C)c1nc(-c2ccc(F)cc2)c(C#N)s1. The zero-order valence-corrected chi connectivity index (χ0v) is 24.7. The number of carbonyl (C=O) groups excluding carboxylic acids is 1. The third kappa shape index (κ3) is 5.63. The fourth-order valence-corrected chi connectivity index (χ4v) is 6.49. The van der Waals surface area contributed by atoms with E-state index in [4.69, 9.17) is 4.98 Å². The monoisotopic (exact) mass is 607 g/mol. The number of aromatic nitrogens is 4. The van der Waals surface area contributed by atoms with Gasteiger partial charge in [-0.3, -0.25) is 9.69 Å². The number of β-amino-alcohol motifs (C(OH)–C–C–N with tert-alkyl or cyclic N) is 1. The first-order valence-corrected chi connectivity index (χ1v) is 15.0. The normalized spacial score (nSPS) is 17.5. The summed E-state index contributed by atoms with van der Waals surface area (Å²) in [7, 11) is 1.81. The van der Waals surface area contributed by atoms with Crippen molar-refractivity contribution in [1.29, 1.82) is 5.26 Å². The van der Waals surface area contributed by atoms with Crippen molar-refractivity contribution in [2.75, 3.05) is 62.7 Å². The quantitative estimate of drug-likeness (QED) is 0.316. The number of rotatable bonds is 7. The number of anilines is 3. The van der Waals surface area contributed by atoms with E-state index in [-0.39, 0.29) is 23.9 Å². The van der Waals surface area contributed by atoms with Crippen molar-refractivity contribution in [3.05, 3.63) is 47.0 Å². The number of piperazine rings is 1. The summed E-state index contributed by atoms with van der Waals surface area (Å²) in [5.74, 6) is -0.325. The number of amides is 1. The summed E-state index contributed by atoms with van der Waals surface area (Å²) in [6.07, 6.45) is 0.158.